The van der Waals surface area contributed by atoms with Gasteiger partial charge >= 0.3 is 5.97 Å². The van der Waals surface area contributed by atoms with Crippen LogP contribution in [0.2, 0.25) is 0 Å². The summed E-state index contributed by atoms with van der Waals surface area (Å²) < 4.78 is 0. The van der Waals surface area contributed by atoms with Gasteiger partial charge in [0, 0.05) is 18.9 Å². The predicted molar refractivity (Wildman–Crippen MR) is 125 cm³/mol. The lowest BCUT2D eigenvalue weighted by atomic mass is 9.46. The summed E-state index contributed by atoms with van der Waals surface area (Å²) in [6, 6.07) is 0. The van der Waals surface area contributed by atoms with Crippen LogP contribution in [0.5, 0.6) is 0 Å². The van der Waals surface area contributed by atoms with Crippen molar-refractivity contribution in [3.8, 4) is 0 Å². The molecule has 0 aromatic rings. The van der Waals surface area contributed by atoms with E-state index in [-0.39, 0.29) is 22.7 Å². The zero-order valence-electron chi connectivity index (χ0n) is 20.1. The molecular weight excluding hydrogens is 400 g/mol. The number of carbonyl (C=O) groups excluding carboxylic acids is 2. The first-order valence-corrected chi connectivity index (χ1v) is 13.0. The first-order chi connectivity index (χ1) is 15.3. The number of hydrogen-bond acceptors (Lipinski definition) is 5. The van der Waals surface area contributed by atoms with Crippen LogP contribution in [0, 0.1) is 40.4 Å². The highest BCUT2D eigenvalue weighted by Gasteiger charge is 2.59. The second-order valence-corrected chi connectivity index (χ2v) is 11.8. The van der Waals surface area contributed by atoms with E-state index in [1.54, 1.807) is 0 Å². The molecule has 0 amide bonds. The van der Waals surface area contributed by atoms with E-state index in [2.05, 4.69) is 31.2 Å². The second-order valence-electron chi connectivity index (χ2n) is 11.8. The van der Waals surface area contributed by atoms with E-state index in [0.29, 0.717) is 30.1 Å². The molecule has 1 heterocycles. The van der Waals surface area contributed by atoms with Gasteiger partial charge in [-0.3, -0.25) is 4.79 Å². The molecule has 0 unspecified atom stereocenters. The Labute approximate surface area is 192 Å². The molecule has 1 aliphatic heterocycles. The topological polar surface area (TPSA) is 67.8 Å². The van der Waals surface area contributed by atoms with Crippen LogP contribution in [0.4, 0.5) is 0 Å². The Kier molecular flexibility index (Phi) is 5.84. The van der Waals surface area contributed by atoms with Crippen LogP contribution in [0.3, 0.4) is 0 Å². The Morgan fingerprint density at radius 3 is 2.72 bits per heavy atom. The molecule has 1 saturated heterocycles. The van der Waals surface area contributed by atoms with Crippen LogP contribution in [-0.2, 0) is 14.4 Å². The molecule has 32 heavy (non-hydrogen) atoms. The van der Waals surface area contributed by atoms with E-state index >= 15 is 0 Å². The maximum atomic E-state index is 12.5. The number of hydrogen-bond donors (Lipinski definition) is 1. The molecule has 7 atom stereocenters. The third-order valence-corrected chi connectivity index (χ3v) is 10.4. The van der Waals surface area contributed by atoms with Crippen LogP contribution < -0.4 is 5.32 Å². The zero-order chi connectivity index (χ0) is 22.5. The Hall–Kier alpha value is -1.49. The van der Waals surface area contributed by atoms with Gasteiger partial charge in [0.15, 0.2) is 5.78 Å². The molecule has 0 spiro atoms. The number of fused-ring (bicyclic) bond motifs is 5. The van der Waals surface area contributed by atoms with Crippen molar-refractivity contribution in [1.82, 2.24) is 5.32 Å². The summed E-state index contributed by atoms with van der Waals surface area (Å²) in [4.78, 5) is 30.0. The predicted octanol–water partition coefficient (Wildman–Crippen LogP) is 5.05. The van der Waals surface area contributed by atoms with E-state index in [1.807, 2.05) is 6.08 Å². The lowest BCUT2D eigenvalue weighted by Crippen LogP contribution is -2.51. The number of ketones is 1. The maximum absolute atomic E-state index is 12.5. The molecule has 3 saturated carbocycles. The van der Waals surface area contributed by atoms with E-state index in [4.69, 9.17) is 4.84 Å². The first-order valence-electron chi connectivity index (χ1n) is 13.0. The van der Waals surface area contributed by atoms with Crippen LogP contribution in [0.1, 0.15) is 85.0 Å². The molecular formula is C27H40N2O3. The van der Waals surface area contributed by atoms with E-state index in [9.17, 15) is 9.59 Å². The van der Waals surface area contributed by atoms with Gasteiger partial charge in [0.1, 0.15) is 0 Å². The highest BCUT2D eigenvalue weighted by atomic mass is 16.7. The van der Waals surface area contributed by atoms with Gasteiger partial charge in [-0.25, -0.2) is 4.79 Å². The summed E-state index contributed by atoms with van der Waals surface area (Å²) >= 11 is 0. The number of oxime groups is 1. The van der Waals surface area contributed by atoms with Crippen molar-refractivity contribution in [3.05, 3.63) is 11.6 Å². The summed E-state index contributed by atoms with van der Waals surface area (Å²) in [7, 11) is 0. The van der Waals surface area contributed by atoms with Crippen LogP contribution in [-0.4, -0.2) is 30.6 Å². The third-order valence-electron chi connectivity index (χ3n) is 10.4. The van der Waals surface area contributed by atoms with Gasteiger partial charge in [-0.1, -0.05) is 24.6 Å². The molecule has 4 fully saturated rings. The van der Waals surface area contributed by atoms with E-state index in [1.165, 1.54) is 31.3 Å². The number of rotatable bonds is 3. The maximum Gasteiger partial charge on any atom is 0.339 e. The Bertz CT molecular complexity index is 842. The van der Waals surface area contributed by atoms with Crippen LogP contribution in [0.25, 0.3) is 0 Å². The zero-order valence-corrected chi connectivity index (χ0v) is 20.1. The van der Waals surface area contributed by atoms with Crippen molar-refractivity contribution in [2.45, 2.75) is 85.0 Å². The molecule has 0 radical (unpaired) electrons. The summed E-state index contributed by atoms with van der Waals surface area (Å²) in [6.07, 6.45) is 12.9. The fraction of sp³-hybridized carbons (Fsp3) is 0.815. The molecule has 4 aliphatic carbocycles. The quantitative estimate of drug-likeness (QED) is 0.379. The van der Waals surface area contributed by atoms with Crippen LogP contribution in [0.15, 0.2) is 16.8 Å². The smallest absolute Gasteiger partial charge is 0.318 e. The fourth-order valence-corrected chi connectivity index (χ4v) is 8.55. The molecule has 0 aromatic heterocycles. The van der Waals surface area contributed by atoms with Gasteiger partial charge in [0.05, 0.1) is 11.6 Å². The minimum absolute atomic E-state index is 0.0599. The molecule has 176 valence electrons. The molecule has 0 aromatic carbocycles. The van der Waals surface area contributed by atoms with Gasteiger partial charge in [0.25, 0.3) is 0 Å². The molecule has 0 bridgehead atoms. The van der Waals surface area contributed by atoms with Crippen molar-refractivity contribution in [2.75, 3.05) is 13.1 Å². The summed E-state index contributed by atoms with van der Waals surface area (Å²) in [5, 5.41) is 7.68. The fourth-order valence-electron chi connectivity index (χ4n) is 8.55. The summed E-state index contributed by atoms with van der Waals surface area (Å²) in [5.74, 6) is 2.68. The van der Waals surface area contributed by atoms with Gasteiger partial charge in [-0.05, 0) is 106 Å². The van der Waals surface area contributed by atoms with E-state index < -0.39 is 0 Å². The first kappa shape index (κ1) is 22.3. The third kappa shape index (κ3) is 3.59. The Morgan fingerprint density at radius 1 is 1.09 bits per heavy atom. The standard InChI is InChI=1S/C27H40N2O3/c1-17(29-32-25(31)18-5-4-14-28-16-18)22-8-9-23-21-7-6-19-15-20(30)10-12-26(19,2)24(21)11-13-27(22,23)3/h15,18,21-24,28H,4-14,16H2,1-3H3/t18-,21+,22-,23+,24+,26+,27-/m1/s1. The van der Waals surface area contributed by atoms with Gasteiger partial charge in [-0.2, -0.15) is 0 Å². The summed E-state index contributed by atoms with van der Waals surface area (Å²) in [6.45, 7) is 8.70. The van der Waals surface area contributed by atoms with Crippen LogP contribution >= 0.6 is 0 Å². The number of carbonyl (C=O) groups is 2. The van der Waals surface area contributed by atoms with Gasteiger partial charge in [0.2, 0.25) is 0 Å². The lowest BCUT2D eigenvalue weighted by molar-refractivity contribution is -0.149. The summed E-state index contributed by atoms with van der Waals surface area (Å²) in [5.41, 5.74) is 2.92. The van der Waals surface area contributed by atoms with Gasteiger partial charge < -0.3 is 10.2 Å². The Balaban J connectivity index is 1.30. The highest BCUT2D eigenvalue weighted by molar-refractivity contribution is 5.91. The molecule has 5 rings (SSSR count). The SMILES string of the molecule is CC(=NOC(=O)[C@@H]1CCCNC1)[C@H]1CC[C@H]2[C@@H]3CCC4=CC(=O)CC[C@]4(C)[C@H]3CC[C@]12C. The van der Waals surface area contributed by atoms with Crippen molar-refractivity contribution >= 4 is 17.5 Å². The molecule has 1 N–H and O–H groups in total. The van der Waals surface area contributed by atoms with Crippen molar-refractivity contribution in [1.29, 1.82) is 0 Å². The van der Waals surface area contributed by atoms with Crippen molar-refractivity contribution in [3.63, 3.8) is 0 Å². The largest absolute Gasteiger partial charge is 0.339 e. The van der Waals surface area contributed by atoms with E-state index in [0.717, 1.165) is 56.7 Å². The van der Waals surface area contributed by atoms with Crippen molar-refractivity contribution < 1.29 is 14.4 Å². The number of piperidine rings is 1. The monoisotopic (exact) mass is 440 g/mol. The van der Waals surface area contributed by atoms with Crippen molar-refractivity contribution in [2.24, 2.45) is 45.6 Å². The average Bonchev–Trinajstić information content (AvgIpc) is 3.15. The minimum Gasteiger partial charge on any atom is -0.318 e. The van der Waals surface area contributed by atoms with Gasteiger partial charge in [-0.15, -0.1) is 0 Å². The second kappa shape index (κ2) is 8.38. The molecule has 5 aliphatic rings. The highest BCUT2D eigenvalue weighted by Crippen LogP contribution is 2.66. The minimum atomic E-state index is -0.175. The normalized spacial score (nSPS) is 44.2. The lowest BCUT2D eigenvalue weighted by Gasteiger charge is -2.58. The average molecular weight is 441 g/mol. The Morgan fingerprint density at radius 2 is 1.94 bits per heavy atom. The molecule has 5 nitrogen and oxygen atoms in total. The number of nitrogens with one attached hydrogen (secondary N) is 1. The number of nitrogens with zero attached hydrogens (tertiary/aromatic N) is 1. The number of allylic oxidation sites excluding steroid dienone is 1. The molecule has 5 heteroatoms.